The molecule has 1 fully saturated rings. The summed E-state index contributed by atoms with van der Waals surface area (Å²) in [6.45, 7) is 10.7. The van der Waals surface area contributed by atoms with Crippen LogP contribution in [0.4, 0.5) is 14.5 Å². The van der Waals surface area contributed by atoms with Crippen molar-refractivity contribution in [2.45, 2.75) is 33.4 Å². The first kappa shape index (κ1) is 20.1. The maximum Gasteiger partial charge on any atom is 0.126 e. The minimum atomic E-state index is -1.12. The van der Waals surface area contributed by atoms with Gasteiger partial charge in [-0.1, -0.05) is 31.5 Å². The fraction of sp³-hybridized carbons (Fsp3) is 0.455. The third-order valence-corrected chi connectivity index (χ3v) is 5.87. The molecular formula is C22H27ClF2N2. The lowest BCUT2D eigenvalue weighted by atomic mass is 9.95. The molecule has 1 aliphatic heterocycles. The molecule has 1 aliphatic rings. The summed E-state index contributed by atoms with van der Waals surface area (Å²) in [5.41, 5.74) is 3.92. The minimum absolute atomic E-state index is 0.281. The van der Waals surface area contributed by atoms with Crippen LogP contribution in [0, 0.1) is 12.7 Å². The van der Waals surface area contributed by atoms with Gasteiger partial charge in [-0.2, -0.15) is 0 Å². The summed E-state index contributed by atoms with van der Waals surface area (Å²) in [7, 11) is 0. The molecule has 0 spiro atoms. The summed E-state index contributed by atoms with van der Waals surface area (Å²) in [6.07, 6.45) is -0.747. The van der Waals surface area contributed by atoms with E-state index in [0.29, 0.717) is 17.0 Å². The van der Waals surface area contributed by atoms with Gasteiger partial charge in [0.05, 0.1) is 5.02 Å². The van der Waals surface area contributed by atoms with Crippen LogP contribution in [0.3, 0.4) is 0 Å². The summed E-state index contributed by atoms with van der Waals surface area (Å²) >= 11 is 6.62. The van der Waals surface area contributed by atoms with Crippen LogP contribution >= 0.6 is 11.6 Å². The first-order valence-electron chi connectivity index (χ1n) is 9.65. The van der Waals surface area contributed by atoms with Gasteiger partial charge in [-0.05, 0) is 55.3 Å². The normalized spacial score (nSPS) is 16.6. The number of alkyl halides is 1. The van der Waals surface area contributed by atoms with Gasteiger partial charge in [0, 0.05) is 43.0 Å². The second kappa shape index (κ2) is 8.57. The lowest BCUT2D eigenvalue weighted by Gasteiger charge is -2.36. The summed E-state index contributed by atoms with van der Waals surface area (Å²) in [5.74, 6) is -0.281. The van der Waals surface area contributed by atoms with Crippen LogP contribution in [-0.2, 0) is 0 Å². The Morgan fingerprint density at radius 3 is 2.33 bits per heavy atom. The topological polar surface area (TPSA) is 6.48 Å². The number of halogens is 3. The first-order valence-corrected chi connectivity index (χ1v) is 10.0. The molecule has 27 heavy (non-hydrogen) atoms. The zero-order valence-electron chi connectivity index (χ0n) is 16.2. The highest BCUT2D eigenvalue weighted by Gasteiger charge is 2.22. The lowest BCUT2D eigenvalue weighted by Crippen LogP contribution is -2.46. The molecule has 1 heterocycles. The van der Waals surface area contributed by atoms with E-state index in [-0.39, 0.29) is 5.82 Å². The third-order valence-electron chi connectivity index (χ3n) is 5.44. The molecule has 2 aromatic carbocycles. The van der Waals surface area contributed by atoms with Crippen molar-refractivity contribution in [1.29, 1.82) is 0 Å². The predicted octanol–water partition coefficient (Wildman–Crippen LogP) is 6.02. The molecule has 1 saturated heterocycles. The fourth-order valence-corrected chi connectivity index (χ4v) is 4.04. The molecule has 0 radical (unpaired) electrons. The number of nitrogens with zero attached hydrogens (tertiary/aromatic N) is 2. The molecule has 5 heteroatoms. The molecule has 0 aliphatic carbocycles. The molecule has 0 N–H and O–H groups in total. The van der Waals surface area contributed by atoms with E-state index in [0.717, 1.165) is 55.1 Å². The molecule has 2 nitrogen and oxygen atoms in total. The van der Waals surface area contributed by atoms with Crippen molar-refractivity contribution in [3.05, 3.63) is 52.3 Å². The molecular weight excluding hydrogens is 366 g/mol. The highest BCUT2D eigenvalue weighted by Crippen LogP contribution is 2.41. The van der Waals surface area contributed by atoms with Crippen molar-refractivity contribution in [1.82, 2.24) is 4.90 Å². The van der Waals surface area contributed by atoms with Gasteiger partial charge in [-0.3, -0.25) is 0 Å². The average Bonchev–Trinajstić information content (AvgIpc) is 2.68. The van der Waals surface area contributed by atoms with Crippen LogP contribution < -0.4 is 4.90 Å². The Morgan fingerprint density at radius 1 is 1.04 bits per heavy atom. The van der Waals surface area contributed by atoms with E-state index in [9.17, 15) is 8.78 Å². The highest BCUT2D eigenvalue weighted by atomic mass is 35.5. The van der Waals surface area contributed by atoms with Gasteiger partial charge in [0.25, 0.3) is 0 Å². The molecule has 0 amide bonds. The van der Waals surface area contributed by atoms with Crippen LogP contribution in [0.1, 0.15) is 37.6 Å². The summed E-state index contributed by atoms with van der Waals surface area (Å²) in [4.78, 5) is 4.69. The predicted molar refractivity (Wildman–Crippen MR) is 110 cm³/mol. The summed E-state index contributed by atoms with van der Waals surface area (Å²) in [5, 5.41) is 0.426. The van der Waals surface area contributed by atoms with E-state index < -0.39 is 6.17 Å². The molecule has 3 rings (SSSR count). The van der Waals surface area contributed by atoms with Crippen molar-refractivity contribution in [3.8, 4) is 11.1 Å². The maximum absolute atomic E-state index is 14.7. The molecule has 1 atom stereocenters. The number of likely N-dealkylation sites (N-methyl/N-ethyl adjacent to an activating group) is 1. The van der Waals surface area contributed by atoms with Crippen LogP contribution in [0.2, 0.25) is 5.02 Å². The Hall–Kier alpha value is -1.65. The summed E-state index contributed by atoms with van der Waals surface area (Å²) < 4.78 is 28.2. The standard InChI is InChI=1S/C22H27ClF2N2/c1-4-21(25)20-14-17(27-10-8-26(5-2)9-11-27)13-19(22(20)23)18-7-6-16(24)12-15(18)3/h6-7,12-14,21H,4-5,8-11H2,1-3H3. The Kier molecular flexibility index (Phi) is 6.38. The molecule has 146 valence electrons. The van der Waals surface area contributed by atoms with E-state index in [2.05, 4.69) is 16.7 Å². The number of rotatable bonds is 5. The van der Waals surface area contributed by atoms with Gasteiger partial charge < -0.3 is 9.80 Å². The molecule has 0 saturated carbocycles. The van der Waals surface area contributed by atoms with Gasteiger partial charge in [0.15, 0.2) is 0 Å². The van der Waals surface area contributed by atoms with Crippen molar-refractivity contribution < 1.29 is 8.78 Å². The van der Waals surface area contributed by atoms with E-state index in [1.54, 1.807) is 6.07 Å². The summed E-state index contributed by atoms with van der Waals surface area (Å²) in [6, 6.07) is 8.56. The van der Waals surface area contributed by atoms with Gasteiger partial charge >= 0.3 is 0 Å². The quantitative estimate of drug-likeness (QED) is 0.614. The van der Waals surface area contributed by atoms with Gasteiger partial charge in [-0.15, -0.1) is 0 Å². The minimum Gasteiger partial charge on any atom is -0.369 e. The Bertz CT molecular complexity index is 801. The SMILES string of the molecule is CCC(F)c1cc(N2CCN(CC)CC2)cc(-c2ccc(F)cc2C)c1Cl. The van der Waals surface area contributed by atoms with Crippen LogP contribution in [0.15, 0.2) is 30.3 Å². The Labute approximate surface area is 165 Å². The lowest BCUT2D eigenvalue weighted by molar-refractivity contribution is 0.271. The molecule has 0 aromatic heterocycles. The maximum atomic E-state index is 14.7. The average molecular weight is 393 g/mol. The van der Waals surface area contributed by atoms with Crippen molar-refractivity contribution in [2.24, 2.45) is 0 Å². The van der Waals surface area contributed by atoms with Gasteiger partial charge in [0.2, 0.25) is 0 Å². The van der Waals surface area contributed by atoms with Crippen molar-refractivity contribution in [2.75, 3.05) is 37.6 Å². The first-order chi connectivity index (χ1) is 12.9. The van der Waals surface area contributed by atoms with E-state index in [4.69, 9.17) is 11.6 Å². The zero-order valence-corrected chi connectivity index (χ0v) is 17.0. The van der Waals surface area contributed by atoms with E-state index in [1.807, 2.05) is 26.0 Å². The number of hydrogen-bond donors (Lipinski definition) is 0. The fourth-order valence-electron chi connectivity index (χ4n) is 3.71. The van der Waals surface area contributed by atoms with Crippen molar-refractivity contribution >= 4 is 17.3 Å². The van der Waals surface area contributed by atoms with Crippen LogP contribution in [0.5, 0.6) is 0 Å². The smallest absolute Gasteiger partial charge is 0.126 e. The second-order valence-electron chi connectivity index (χ2n) is 7.15. The van der Waals surface area contributed by atoms with Gasteiger partial charge in [-0.25, -0.2) is 8.78 Å². The molecule has 0 bridgehead atoms. The van der Waals surface area contributed by atoms with Crippen molar-refractivity contribution in [3.63, 3.8) is 0 Å². The molecule has 1 unspecified atom stereocenters. The zero-order chi connectivity index (χ0) is 19.6. The number of hydrogen-bond acceptors (Lipinski definition) is 2. The largest absolute Gasteiger partial charge is 0.369 e. The molecule has 2 aromatic rings. The van der Waals surface area contributed by atoms with Crippen LogP contribution in [0.25, 0.3) is 11.1 Å². The number of anilines is 1. The number of benzene rings is 2. The van der Waals surface area contributed by atoms with E-state index >= 15 is 0 Å². The van der Waals surface area contributed by atoms with Gasteiger partial charge in [0.1, 0.15) is 12.0 Å². The number of aryl methyl sites for hydroxylation is 1. The number of piperazine rings is 1. The highest BCUT2D eigenvalue weighted by molar-refractivity contribution is 6.34. The second-order valence-corrected chi connectivity index (χ2v) is 7.53. The third kappa shape index (κ3) is 4.27. The Morgan fingerprint density at radius 2 is 1.74 bits per heavy atom. The van der Waals surface area contributed by atoms with E-state index in [1.165, 1.54) is 12.1 Å². The Balaban J connectivity index is 2.07. The van der Waals surface area contributed by atoms with Crippen LogP contribution in [-0.4, -0.2) is 37.6 Å². The monoisotopic (exact) mass is 392 g/mol.